The molecule has 3 rings (SSSR count). The van der Waals surface area contributed by atoms with E-state index in [1.165, 1.54) is 0 Å². The van der Waals surface area contributed by atoms with Gasteiger partial charge >= 0.3 is 5.97 Å². The van der Waals surface area contributed by atoms with E-state index in [4.69, 9.17) is 14.0 Å². The van der Waals surface area contributed by atoms with Gasteiger partial charge in [-0.15, -0.1) is 0 Å². The smallest absolute Gasteiger partial charge is 0.338 e. The number of rotatable bonds is 9. The first-order chi connectivity index (χ1) is 14.9. The van der Waals surface area contributed by atoms with Gasteiger partial charge < -0.3 is 19.3 Å². The normalized spacial score (nSPS) is 11.6. The first kappa shape index (κ1) is 22.1. The summed E-state index contributed by atoms with van der Waals surface area (Å²) < 4.78 is 16.0. The summed E-state index contributed by atoms with van der Waals surface area (Å²) in [5, 5.41) is 6.68. The third-order valence-corrected chi connectivity index (χ3v) is 4.94. The van der Waals surface area contributed by atoms with E-state index >= 15 is 0 Å². The van der Waals surface area contributed by atoms with Crippen LogP contribution in [-0.4, -0.2) is 30.2 Å². The first-order valence-electron chi connectivity index (χ1n) is 10.1. The number of nitrogens with one attached hydrogen (secondary N) is 1. The van der Waals surface area contributed by atoms with E-state index in [-0.39, 0.29) is 25.0 Å². The Morgan fingerprint density at radius 3 is 2.58 bits per heavy atom. The molecule has 7 heteroatoms. The van der Waals surface area contributed by atoms with Crippen LogP contribution in [0.4, 0.5) is 0 Å². The number of esters is 1. The van der Waals surface area contributed by atoms with Crippen LogP contribution in [0.5, 0.6) is 5.75 Å². The van der Waals surface area contributed by atoms with Crippen LogP contribution in [0.3, 0.4) is 0 Å². The van der Waals surface area contributed by atoms with Crippen molar-refractivity contribution in [2.24, 2.45) is 0 Å². The topological polar surface area (TPSA) is 90.7 Å². The molecule has 0 spiro atoms. The summed E-state index contributed by atoms with van der Waals surface area (Å²) in [6.07, 6.45) is 0. The molecule has 0 aliphatic heterocycles. The molecule has 0 aliphatic carbocycles. The molecule has 0 aliphatic rings. The molecule has 3 aromatic rings. The zero-order valence-corrected chi connectivity index (χ0v) is 17.9. The molecule has 1 N–H and O–H groups in total. The molecule has 1 aromatic heterocycles. The fraction of sp³-hybridized carbons (Fsp3) is 0.292. The quantitative estimate of drug-likeness (QED) is 0.525. The van der Waals surface area contributed by atoms with Crippen LogP contribution in [0.25, 0.3) is 0 Å². The van der Waals surface area contributed by atoms with Gasteiger partial charge in [0.1, 0.15) is 18.1 Å². The molecule has 7 nitrogen and oxygen atoms in total. The fourth-order valence-electron chi connectivity index (χ4n) is 3.01. The lowest BCUT2D eigenvalue weighted by molar-refractivity contribution is -0.124. The van der Waals surface area contributed by atoms with Crippen LogP contribution < -0.4 is 10.1 Å². The number of amides is 1. The number of ether oxygens (including phenoxy) is 2. The summed E-state index contributed by atoms with van der Waals surface area (Å²) in [6.45, 7) is 6.08. The van der Waals surface area contributed by atoms with Crippen LogP contribution in [0.15, 0.2) is 59.1 Å². The lowest BCUT2D eigenvalue weighted by Gasteiger charge is -2.13. The van der Waals surface area contributed by atoms with Crippen molar-refractivity contribution in [2.75, 3.05) is 13.2 Å². The number of hydrogen-bond donors (Lipinski definition) is 1. The third-order valence-electron chi connectivity index (χ3n) is 4.94. The highest BCUT2D eigenvalue weighted by Crippen LogP contribution is 2.19. The van der Waals surface area contributed by atoms with E-state index in [0.29, 0.717) is 23.6 Å². The maximum atomic E-state index is 12.3. The molecule has 0 fully saturated rings. The number of aromatic nitrogens is 1. The molecule has 0 radical (unpaired) electrons. The van der Waals surface area contributed by atoms with Crippen LogP contribution >= 0.6 is 0 Å². The monoisotopic (exact) mass is 422 g/mol. The lowest BCUT2D eigenvalue weighted by Crippen LogP contribution is -2.31. The fourth-order valence-corrected chi connectivity index (χ4v) is 3.01. The van der Waals surface area contributed by atoms with E-state index in [2.05, 4.69) is 10.5 Å². The van der Waals surface area contributed by atoms with Gasteiger partial charge in [0.15, 0.2) is 6.61 Å². The van der Waals surface area contributed by atoms with Crippen LogP contribution in [0, 0.1) is 13.8 Å². The number of nitrogens with zero attached hydrogens (tertiary/aromatic N) is 1. The lowest BCUT2D eigenvalue weighted by atomic mass is 10.0. The Kier molecular flexibility index (Phi) is 7.43. The minimum Gasteiger partial charge on any atom is -0.489 e. The van der Waals surface area contributed by atoms with Crippen LogP contribution in [-0.2, 0) is 16.1 Å². The maximum absolute atomic E-state index is 12.3. The van der Waals surface area contributed by atoms with Crippen molar-refractivity contribution in [1.82, 2.24) is 10.5 Å². The Morgan fingerprint density at radius 1 is 1.10 bits per heavy atom. The minimum atomic E-state index is -0.589. The number of aryl methyl sites for hydroxylation is 2. The zero-order chi connectivity index (χ0) is 22.2. The van der Waals surface area contributed by atoms with Crippen molar-refractivity contribution in [2.45, 2.75) is 33.3 Å². The van der Waals surface area contributed by atoms with Gasteiger partial charge in [-0.3, -0.25) is 4.79 Å². The Hall–Kier alpha value is -3.61. The first-order valence-corrected chi connectivity index (χ1v) is 10.1. The van der Waals surface area contributed by atoms with E-state index in [9.17, 15) is 9.59 Å². The number of carbonyl (C=O) groups is 2. The minimum absolute atomic E-state index is 0.160. The third kappa shape index (κ3) is 6.18. The molecule has 31 heavy (non-hydrogen) atoms. The molecule has 1 atom stereocenters. The van der Waals surface area contributed by atoms with Crippen molar-refractivity contribution in [3.8, 4) is 5.75 Å². The van der Waals surface area contributed by atoms with Gasteiger partial charge in [-0.05, 0) is 43.5 Å². The van der Waals surface area contributed by atoms with Crippen LogP contribution in [0.2, 0.25) is 0 Å². The maximum Gasteiger partial charge on any atom is 0.338 e. The molecule has 2 aromatic carbocycles. The van der Waals surface area contributed by atoms with Crippen molar-refractivity contribution in [3.63, 3.8) is 0 Å². The number of benzene rings is 2. The van der Waals surface area contributed by atoms with E-state index in [1.807, 2.05) is 51.1 Å². The van der Waals surface area contributed by atoms with Gasteiger partial charge in [0.05, 0.1) is 16.8 Å². The van der Waals surface area contributed by atoms with Gasteiger partial charge in [0, 0.05) is 6.54 Å². The molecule has 162 valence electrons. The largest absolute Gasteiger partial charge is 0.489 e. The molecule has 0 bridgehead atoms. The summed E-state index contributed by atoms with van der Waals surface area (Å²) in [5.74, 6) is 0.430. The predicted octanol–water partition coefficient (Wildman–Crippen LogP) is 3.95. The van der Waals surface area contributed by atoms with Gasteiger partial charge in [-0.1, -0.05) is 48.5 Å². The standard InChI is InChI=1S/C24H26N2O5/c1-16(19-8-5-4-6-9-19)13-25-23(27)15-30-24(28)20-10-7-11-21(12-20)29-14-22-17(2)26-31-18(22)3/h4-12,16H,13-15H2,1-3H3,(H,25,27)/t16-/m1/s1. The molecule has 0 saturated carbocycles. The van der Waals surface area contributed by atoms with Gasteiger partial charge in [-0.25, -0.2) is 4.79 Å². The molecule has 1 heterocycles. The van der Waals surface area contributed by atoms with Gasteiger partial charge in [0.2, 0.25) is 0 Å². The second-order valence-corrected chi connectivity index (χ2v) is 7.31. The Morgan fingerprint density at radius 2 is 1.87 bits per heavy atom. The summed E-state index contributed by atoms with van der Waals surface area (Å²) in [6, 6.07) is 16.5. The SMILES string of the molecule is Cc1noc(C)c1COc1cccc(C(=O)OCC(=O)NC[C@@H](C)c2ccccc2)c1. The summed E-state index contributed by atoms with van der Waals surface area (Å²) in [5.41, 5.74) is 3.07. The molecule has 0 unspecified atom stereocenters. The Labute approximate surface area is 181 Å². The van der Waals surface area contributed by atoms with E-state index < -0.39 is 5.97 Å². The zero-order valence-electron chi connectivity index (χ0n) is 17.9. The van der Waals surface area contributed by atoms with Crippen molar-refractivity contribution >= 4 is 11.9 Å². The summed E-state index contributed by atoms with van der Waals surface area (Å²) in [4.78, 5) is 24.4. The number of hydrogen-bond acceptors (Lipinski definition) is 6. The predicted molar refractivity (Wildman–Crippen MR) is 115 cm³/mol. The van der Waals surface area contributed by atoms with Gasteiger partial charge in [0.25, 0.3) is 5.91 Å². The Bertz CT molecular complexity index is 1010. The molecule has 1 amide bonds. The van der Waals surface area contributed by atoms with Crippen molar-refractivity contribution in [3.05, 3.63) is 82.7 Å². The van der Waals surface area contributed by atoms with Crippen molar-refractivity contribution in [1.29, 1.82) is 0 Å². The average molecular weight is 422 g/mol. The van der Waals surface area contributed by atoms with Crippen LogP contribution in [0.1, 0.15) is 45.8 Å². The van der Waals surface area contributed by atoms with Crippen molar-refractivity contribution < 1.29 is 23.6 Å². The van der Waals surface area contributed by atoms with Gasteiger partial charge in [-0.2, -0.15) is 0 Å². The second kappa shape index (κ2) is 10.4. The molecule has 0 saturated heterocycles. The van der Waals surface area contributed by atoms with E-state index in [0.717, 1.165) is 16.8 Å². The second-order valence-electron chi connectivity index (χ2n) is 7.31. The highest BCUT2D eigenvalue weighted by Gasteiger charge is 2.14. The van der Waals surface area contributed by atoms with E-state index in [1.54, 1.807) is 24.3 Å². The Balaban J connectivity index is 1.46. The summed E-state index contributed by atoms with van der Waals surface area (Å²) in [7, 11) is 0. The summed E-state index contributed by atoms with van der Waals surface area (Å²) >= 11 is 0. The highest BCUT2D eigenvalue weighted by atomic mass is 16.5. The molecular weight excluding hydrogens is 396 g/mol. The molecular formula is C24H26N2O5. The highest BCUT2D eigenvalue weighted by molar-refractivity contribution is 5.91. The average Bonchev–Trinajstić information content (AvgIpc) is 3.12. The number of carbonyl (C=O) groups excluding carboxylic acids is 2.